The van der Waals surface area contributed by atoms with Gasteiger partial charge in [0.25, 0.3) is 5.91 Å². The highest BCUT2D eigenvalue weighted by Gasteiger charge is 2.14. The molecule has 0 spiro atoms. The second-order valence-electron chi connectivity index (χ2n) is 9.40. The summed E-state index contributed by atoms with van der Waals surface area (Å²) < 4.78 is 2.21. The molecular formula is C27H34N4O. The minimum Gasteiger partial charge on any atom is -0.376 e. The molecule has 0 unspecified atom stereocenters. The molecule has 0 bridgehead atoms. The topological polar surface area (TPSA) is 58.4 Å². The summed E-state index contributed by atoms with van der Waals surface area (Å²) in [6, 6.07) is 16.8. The fourth-order valence-electron chi connectivity index (χ4n) is 3.67. The standard InChI is InChI=1S/C27H34N4O/c1-18-8-11-24(14-19(18)2)28-17-26(32)30-29-16-22-15-20(3)31(21(22)4)25-12-9-23(10-13-25)27(5,6)7/h8-16,28H,17H2,1-7H3,(H,30,32)/b29-16-. The molecule has 0 aliphatic carbocycles. The highest BCUT2D eigenvalue weighted by Crippen LogP contribution is 2.25. The van der Waals surface area contributed by atoms with Crippen molar-refractivity contribution in [3.8, 4) is 5.69 Å². The number of rotatable bonds is 6. The fraction of sp³-hybridized carbons (Fsp3) is 0.333. The largest absolute Gasteiger partial charge is 0.376 e. The van der Waals surface area contributed by atoms with Gasteiger partial charge < -0.3 is 9.88 Å². The molecule has 32 heavy (non-hydrogen) atoms. The Kier molecular flexibility index (Phi) is 6.87. The number of nitrogens with zero attached hydrogens (tertiary/aromatic N) is 2. The molecule has 5 nitrogen and oxygen atoms in total. The zero-order valence-corrected chi connectivity index (χ0v) is 20.2. The molecule has 168 valence electrons. The maximum absolute atomic E-state index is 12.2. The van der Waals surface area contributed by atoms with Crippen molar-refractivity contribution < 1.29 is 4.79 Å². The average Bonchev–Trinajstić information content (AvgIpc) is 3.01. The van der Waals surface area contributed by atoms with Crippen LogP contribution in [0.15, 0.2) is 53.6 Å². The molecule has 0 aliphatic heterocycles. The number of hydrogen-bond acceptors (Lipinski definition) is 3. The third-order valence-corrected chi connectivity index (χ3v) is 5.81. The Morgan fingerprint density at radius 3 is 2.28 bits per heavy atom. The summed E-state index contributed by atoms with van der Waals surface area (Å²) in [4.78, 5) is 12.2. The zero-order chi connectivity index (χ0) is 23.5. The Balaban J connectivity index is 1.64. The van der Waals surface area contributed by atoms with E-state index in [9.17, 15) is 4.79 Å². The number of carbonyl (C=O) groups is 1. The molecule has 1 aromatic heterocycles. The van der Waals surface area contributed by atoms with Crippen LogP contribution < -0.4 is 10.7 Å². The average molecular weight is 431 g/mol. The van der Waals surface area contributed by atoms with Crippen molar-refractivity contribution in [2.45, 2.75) is 53.9 Å². The van der Waals surface area contributed by atoms with Crippen molar-refractivity contribution in [3.63, 3.8) is 0 Å². The second kappa shape index (κ2) is 9.43. The van der Waals surface area contributed by atoms with E-state index in [4.69, 9.17) is 0 Å². The first-order valence-corrected chi connectivity index (χ1v) is 11.0. The van der Waals surface area contributed by atoms with Crippen molar-refractivity contribution >= 4 is 17.8 Å². The minimum absolute atomic E-state index is 0.127. The first-order chi connectivity index (χ1) is 15.1. The fourth-order valence-corrected chi connectivity index (χ4v) is 3.67. The van der Waals surface area contributed by atoms with Crippen LogP contribution in [0.5, 0.6) is 0 Å². The van der Waals surface area contributed by atoms with E-state index in [0.717, 1.165) is 28.3 Å². The molecule has 0 saturated heterocycles. The van der Waals surface area contributed by atoms with Crippen LogP contribution in [0.25, 0.3) is 5.69 Å². The summed E-state index contributed by atoms with van der Waals surface area (Å²) >= 11 is 0. The molecule has 3 rings (SSSR count). The Bertz CT molecular complexity index is 1130. The summed E-state index contributed by atoms with van der Waals surface area (Å²) in [7, 11) is 0. The van der Waals surface area contributed by atoms with Gasteiger partial charge in [0.15, 0.2) is 0 Å². The van der Waals surface area contributed by atoms with E-state index in [-0.39, 0.29) is 17.9 Å². The van der Waals surface area contributed by atoms with E-state index in [2.05, 4.69) is 99.2 Å². The lowest BCUT2D eigenvalue weighted by molar-refractivity contribution is -0.119. The molecule has 0 aliphatic rings. The van der Waals surface area contributed by atoms with Gasteiger partial charge in [-0.15, -0.1) is 0 Å². The highest BCUT2D eigenvalue weighted by atomic mass is 16.2. The van der Waals surface area contributed by atoms with E-state index in [1.54, 1.807) is 6.21 Å². The van der Waals surface area contributed by atoms with Crippen molar-refractivity contribution in [3.05, 3.63) is 82.2 Å². The first-order valence-electron chi connectivity index (χ1n) is 11.0. The minimum atomic E-state index is -0.189. The molecule has 0 radical (unpaired) electrons. The van der Waals surface area contributed by atoms with Gasteiger partial charge in [-0.2, -0.15) is 5.10 Å². The highest BCUT2D eigenvalue weighted by molar-refractivity contribution is 5.85. The molecule has 1 heterocycles. The molecule has 2 N–H and O–H groups in total. The summed E-state index contributed by atoms with van der Waals surface area (Å²) in [5, 5.41) is 7.30. The van der Waals surface area contributed by atoms with Crippen LogP contribution in [0.3, 0.4) is 0 Å². The Hall–Kier alpha value is -3.34. The van der Waals surface area contributed by atoms with Gasteiger partial charge in [0.2, 0.25) is 0 Å². The number of anilines is 1. The van der Waals surface area contributed by atoms with Gasteiger partial charge in [0, 0.05) is 28.3 Å². The van der Waals surface area contributed by atoms with Crippen LogP contribution >= 0.6 is 0 Å². The number of carbonyl (C=O) groups excluding carboxylic acids is 1. The summed E-state index contributed by atoms with van der Waals surface area (Å²) in [5.41, 5.74) is 11.7. The van der Waals surface area contributed by atoms with Gasteiger partial charge in [-0.1, -0.05) is 39.0 Å². The van der Waals surface area contributed by atoms with Crippen LogP contribution in [-0.4, -0.2) is 23.2 Å². The second-order valence-corrected chi connectivity index (χ2v) is 9.40. The molecule has 0 saturated carbocycles. The van der Waals surface area contributed by atoms with Crippen molar-refractivity contribution in [1.82, 2.24) is 9.99 Å². The molecular weight excluding hydrogens is 396 g/mol. The predicted octanol–water partition coefficient (Wildman–Crippen LogP) is 5.57. The molecule has 1 amide bonds. The third-order valence-electron chi connectivity index (χ3n) is 5.81. The molecule has 0 atom stereocenters. The number of nitrogens with one attached hydrogen (secondary N) is 2. The van der Waals surface area contributed by atoms with Crippen LogP contribution in [0.2, 0.25) is 0 Å². The Morgan fingerprint density at radius 1 is 0.969 bits per heavy atom. The van der Waals surface area contributed by atoms with E-state index < -0.39 is 0 Å². The lowest BCUT2D eigenvalue weighted by Gasteiger charge is -2.20. The van der Waals surface area contributed by atoms with E-state index in [1.807, 2.05) is 18.2 Å². The SMILES string of the molecule is Cc1ccc(NCC(=O)N/N=C\c2cc(C)n(-c3ccc(C(C)(C)C)cc3)c2C)cc1C. The van der Waals surface area contributed by atoms with Crippen LogP contribution in [0.1, 0.15) is 54.4 Å². The third kappa shape index (κ3) is 5.47. The molecule has 2 aromatic carbocycles. The zero-order valence-electron chi connectivity index (χ0n) is 20.2. The van der Waals surface area contributed by atoms with Gasteiger partial charge in [0.05, 0.1) is 12.8 Å². The quantitative estimate of drug-likeness (QED) is 0.397. The Labute approximate surface area is 191 Å². The van der Waals surface area contributed by atoms with Gasteiger partial charge >= 0.3 is 0 Å². The first kappa shape index (κ1) is 23.3. The van der Waals surface area contributed by atoms with E-state index in [1.165, 1.54) is 16.7 Å². The number of aryl methyl sites for hydroxylation is 3. The number of amides is 1. The van der Waals surface area contributed by atoms with E-state index in [0.29, 0.717) is 0 Å². The van der Waals surface area contributed by atoms with Gasteiger partial charge in [0.1, 0.15) is 0 Å². The molecule has 5 heteroatoms. The summed E-state index contributed by atoms with van der Waals surface area (Å²) in [5.74, 6) is -0.189. The van der Waals surface area contributed by atoms with Gasteiger partial charge in [-0.05, 0) is 80.1 Å². The normalized spacial score (nSPS) is 11.7. The maximum atomic E-state index is 12.2. The van der Waals surface area contributed by atoms with E-state index >= 15 is 0 Å². The Morgan fingerprint density at radius 2 is 1.66 bits per heavy atom. The number of hydrogen-bond donors (Lipinski definition) is 2. The van der Waals surface area contributed by atoms with Crippen LogP contribution in [0, 0.1) is 27.7 Å². The number of aromatic nitrogens is 1. The molecule has 3 aromatic rings. The maximum Gasteiger partial charge on any atom is 0.259 e. The summed E-state index contributed by atoms with van der Waals surface area (Å²) in [6.45, 7) is 15.1. The van der Waals surface area contributed by atoms with Crippen LogP contribution in [0.4, 0.5) is 5.69 Å². The molecule has 0 fully saturated rings. The monoisotopic (exact) mass is 430 g/mol. The lowest BCUT2D eigenvalue weighted by Crippen LogP contribution is -2.25. The van der Waals surface area contributed by atoms with Crippen molar-refractivity contribution in [2.75, 3.05) is 11.9 Å². The smallest absolute Gasteiger partial charge is 0.259 e. The van der Waals surface area contributed by atoms with Crippen molar-refractivity contribution in [2.24, 2.45) is 5.10 Å². The summed E-state index contributed by atoms with van der Waals surface area (Å²) in [6.07, 6.45) is 1.70. The lowest BCUT2D eigenvalue weighted by atomic mass is 9.87. The number of hydrazone groups is 1. The number of benzene rings is 2. The van der Waals surface area contributed by atoms with Crippen LogP contribution in [-0.2, 0) is 10.2 Å². The van der Waals surface area contributed by atoms with Crippen molar-refractivity contribution in [1.29, 1.82) is 0 Å². The van der Waals surface area contributed by atoms with Gasteiger partial charge in [-0.25, -0.2) is 5.43 Å². The van der Waals surface area contributed by atoms with Gasteiger partial charge in [-0.3, -0.25) is 4.79 Å². The predicted molar refractivity (Wildman–Crippen MR) is 134 cm³/mol.